The number of urea groups is 1. The highest BCUT2D eigenvalue weighted by atomic mass is 16.4. The maximum Gasteiger partial charge on any atom is 0.326 e. The monoisotopic (exact) mass is 295 g/mol. The second-order valence-electron chi connectivity index (χ2n) is 4.33. The fourth-order valence-corrected chi connectivity index (χ4v) is 1.60. The minimum atomic E-state index is -1.26. The maximum atomic E-state index is 11.5. The molecule has 114 valence electrons. The van der Waals surface area contributed by atoms with Crippen molar-refractivity contribution in [2.45, 2.75) is 25.3 Å². The molecule has 1 atom stereocenters. The van der Waals surface area contributed by atoms with Crippen molar-refractivity contribution in [1.82, 2.24) is 15.6 Å². The summed E-state index contributed by atoms with van der Waals surface area (Å²) in [6, 6.07) is 1.77. The van der Waals surface area contributed by atoms with E-state index >= 15 is 0 Å². The Kier molecular flexibility index (Phi) is 6.66. The van der Waals surface area contributed by atoms with Crippen molar-refractivity contribution >= 4 is 18.0 Å². The summed E-state index contributed by atoms with van der Waals surface area (Å²) in [6.07, 6.45) is 3.38. The van der Waals surface area contributed by atoms with Crippen molar-refractivity contribution in [3.63, 3.8) is 0 Å². The number of aromatic nitrogens is 1. The Bertz CT molecular complexity index is 492. The second kappa shape index (κ2) is 8.51. The molecule has 2 amide bonds. The van der Waals surface area contributed by atoms with Gasteiger partial charge in [0.05, 0.1) is 0 Å². The first-order chi connectivity index (χ1) is 9.99. The molecule has 0 radical (unpaired) electrons. The molecule has 8 heteroatoms. The number of carbonyl (C=O) groups excluding carboxylic acids is 1. The van der Waals surface area contributed by atoms with Crippen LogP contribution in [0.4, 0.5) is 4.79 Å². The van der Waals surface area contributed by atoms with E-state index in [1.807, 2.05) is 12.1 Å². The highest BCUT2D eigenvalue weighted by Gasteiger charge is 2.20. The van der Waals surface area contributed by atoms with Gasteiger partial charge < -0.3 is 20.8 Å². The standard InChI is InChI=1S/C13H17N3O5/c17-11(18)2-1-10(12(19)20)16-13(21)15-8-5-9-3-6-14-7-4-9/h3-4,6-7,10H,1-2,5,8H2,(H,17,18)(H,19,20)(H2,15,16,21)/t10-/m0/s1. The molecular weight excluding hydrogens is 278 g/mol. The molecule has 0 aliphatic carbocycles. The number of pyridine rings is 1. The van der Waals surface area contributed by atoms with Gasteiger partial charge in [-0.05, 0) is 30.5 Å². The third-order valence-electron chi connectivity index (χ3n) is 2.70. The van der Waals surface area contributed by atoms with Crippen LogP contribution in [-0.4, -0.2) is 45.8 Å². The molecule has 21 heavy (non-hydrogen) atoms. The third kappa shape index (κ3) is 6.90. The highest BCUT2D eigenvalue weighted by Crippen LogP contribution is 1.99. The van der Waals surface area contributed by atoms with E-state index in [0.29, 0.717) is 13.0 Å². The molecule has 4 N–H and O–H groups in total. The van der Waals surface area contributed by atoms with Gasteiger partial charge in [0.15, 0.2) is 0 Å². The molecule has 1 aromatic heterocycles. The van der Waals surface area contributed by atoms with Gasteiger partial charge in [0.1, 0.15) is 6.04 Å². The van der Waals surface area contributed by atoms with Crippen LogP contribution >= 0.6 is 0 Å². The van der Waals surface area contributed by atoms with Crippen molar-refractivity contribution in [3.8, 4) is 0 Å². The predicted molar refractivity (Wildman–Crippen MR) is 72.8 cm³/mol. The van der Waals surface area contributed by atoms with Crippen molar-refractivity contribution in [2.24, 2.45) is 0 Å². The molecule has 1 heterocycles. The van der Waals surface area contributed by atoms with Crippen LogP contribution in [0.5, 0.6) is 0 Å². The lowest BCUT2D eigenvalue weighted by Crippen LogP contribution is -2.46. The number of carboxylic acid groups (broad SMARTS) is 2. The minimum absolute atomic E-state index is 0.164. The van der Waals surface area contributed by atoms with E-state index in [4.69, 9.17) is 10.2 Å². The SMILES string of the molecule is O=C(O)CC[C@H](NC(=O)NCCc1ccncc1)C(=O)O. The number of hydrogen-bond donors (Lipinski definition) is 4. The Labute approximate surface area is 121 Å². The van der Waals surface area contributed by atoms with Crippen LogP contribution in [0.25, 0.3) is 0 Å². The van der Waals surface area contributed by atoms with Gasteiger partial charge in [-0.3, -0.25) is 9.78 Å². The van der Waals surface area contributed by atoms with E-state index in [-0.39, 0.29) is 12.8 Å². The van der Waals surface area contributed by atoms with Crippen LogP contribution in [0.3, 0.4) is 0 Å². The largest absolute Gasteiger partial charge is 0.481 e. The number of aliphatic carboxylic acids is 2. The topological polar surface area (TPSA) is 129 Å². The van der Waals surface area contributed by atoms with Crippen molar-refractivity contribution in [3.05, 3.63) is 30.1 Å². The van der Waals surface area contributed by atoms with Crippen LogP contribution in [0.2, 0.25) is 0 Å². The van der Waals surface area contributed by atoms with Gasteiger partial charge in [-0.25, -0.2) is 9.59 Å². The molecule has 0 aliphatic heterocycles. The fraction of sp³-hybridized carbons (Fsp3) is 0.385. The van der Waals surface area contributed by atoms with E-state index < -0.39 is 24.0 Å². The third-order valence-corrected chi connectivity index (χ3v) is 2.70. The Balaban J connectivity index is 2.33. The number of hydrogen-bond acceptors (Lipinski definition) is 4. The number of amides is 2. The molecular formula is C13H17N3O5. The van der Waals surface area contributed by atoms with Gasteiger partial charge in [-0.1, -0.05) is 0 Å². The average Bonchev–Trinajstić information content (AvgIpc) is 2.44. The van der Waals surface area contributed by atoms with Crippen LogP contribution in [-0.2, 0) is 16.0 Å². The summed E-state index contributed by atoms with van der Waals surface area (Å²) in [5.41, 5.74) is 0.992. The lowest BCUT2D eigenvalue weighted by Gasteiger charge is -2.14. The van der Waals surface area contributed by atoms with Gasteiger partial charge >= 0.3 is 18.0 Å². The Morgan fingerprint density at radius 2 is 1.86 bits per heavy atom. The normalized spacial score (nSPS) is 11.4. The van der Waals surface area contributed by atoms with E-state index in [1.54, 1.807) is 12.4 Å². The first-order valence-corrected chi connectivity index (χ1v) is 6.37. The molecule has 1 aromatic rings. The molecule has 0 saturated heterocycles. The summed E-state index contributed by atoms with van der Waals surface area (Å²) < 4.78 is 0. The molecule has 0 saturated carbocycles. The molecule has 8 nitrogen and oxygen atoms in total. The average molecular weight is 295 g/mol. The summed E-state index contributed by atoms with van der Waals surface area (Å²) in [5.74, 6) is -2.37. The molecule has 1 rings (SSSR count). The Morgan fingerprint density at radius 1 is 1.19 bits per heavy atom. The maximum absolute atomic E-state index is 11.5. The summed E-state index contributed by atoms with van der Waals surface area (Å²) in [4.78, 5) is 36.7. The molecule has 0 unspecified atom stereocenters. The molecule has 0 fully saturated rings. The molecule has 0 spiro atoms. The smallest absolute Gasteiger partial charge is 0.326 e. The van der Waals surface area contributed by atoms with E-state index in [1.165, 1.54) is 0 Å². The lowest BCUT2D eigenvalue weighted by atomic mass is 10.1. The van der Waals surface area contributed by atoms with Crippen LogP contribution < -0.4 is 10.6 Å². The van der Waals surface area contributed by atoms with Crippen molar-refractivity contribution in [1.29, 1.82) is 0 Å². The van der Waals surface area contributed by atoms with Gasteiger partial charge in [0, 0.05) is 25.4 Å². The van der Waals surface area contributed by atoms with Gasteiger partial charge in [-0.2, -0.15) is 0 Å². The minimum Gasteiger partial charge on any atom is -0.481 e. The first kappa shape index (κ1) is 16.4. The van der Waals surface area contributed by atoms with Crippen molar-refractivity contribution in [2.75, 3.05) is 6.54 Å². The highest BCUT2D eigenvalue weighted by molar-refractivity contribution is 5.82. The lowest BCUT2D eigenvalue weighted by molar-refractivity contribution is -0.140. The van der Waals surface area contributed by atoms with Gasteiger partial charge in [0.2, 0.25) is 0 Å². The summed E-state index contributed by atoms with van der Waals surface area (Å²) in [6.45, 7) is 0.334. The number of nitrogens with zero attached hydrogens (tertiary/aromatic N) is 1. The van der Waals surface area contributed by atoms with Gasteiger partial charge in [-0.15, -0.1) is 0 Å². The van der Waals surface area contributed by atoms with Crippen LogP contribution in [0.1, 0.15) is 18.4 Å². The molecule has 0 bridgehead atoms. The number of carboxylic acids is 2. The first-order valence-electron chi connectivity index (χ1n) is 6.37. The summed E-state index contributed by atoms with van der Waals surface area (Å²) in [7, 11) is 0. The predicted octanol–water partition coefficient (Wildman–Crippen LogP) is 0.241. The number of carbonyl (C=O) groups is 3. The zero-order valence-corrected chi connectivity index (χ0v) is 11.3. The van der Waals surface area contributed by atoms with Gasteiger partial charge in [0.25, 0.3) is 0 Å². The second-order valence-corrected chi connectivity index (χ2v) is 4.33. The Hall–Kier alpha value is -2.64. The summed E-state index contributed by atoms with van der Waals surface area (Å²) in [5, 5.41) is 22.2. The quantitative estimate of drug-likeness (QED) is 0.544. The van der Waals surface area contributed by atoms with E-state index in [0.717, 1.165) is 5.56 Å². The molecule has 0 aliphatic rings. The van der Waals surface area contributed by atoms with Crippen molar-refractivity contribution < 1.29 is 24.6 Å². The number of nitrogens with one attached hydrogen (secondary N) is 2. The van der Waals surface area contributed by atoms with Crippen LogP contribution in [0, 0.1) is 0 Å². The number of rotatable bonds is 8. The fourth-order valence-electron chi connectivity index (χ4n) is 1.60. The van der Waals surface area contributed by atoms with E-state index in [9.17, 15) is 14.4 Å². The Morgan fingerprint density at radius 3 is 2.43 bits per heavy atom. The van der Waals surface area contributed by atoms with Crippen LogP contribution in [0.15, 0.2) is 24.5 Å². The van der Waals surface area contributed by atoms with E-state index in [2.05, 4.69) is 15.6 Å². The zero-order valence-electron chi connectivity index (χ0n) is 11.3. The zero-order chi connectivity index (χ0) is 15.7. The summed E-state index contributed by atoms with van der Waals surface area (Å²) >= 11 is 0. The molecule has 0 aromatic carbocycles.